The quantitative estimate of drug-likeness (QED) is 0.766. The Morgan fingerprint density at radius 3 is 3.06 bits per heavy atom. The average molecular weight is 234 g/mol. The molecule has 0 atom stereocenters. The predicted octanol–water partition coefficient (Wildman–Crippen LogP) is 0.255. The molecule has 0 saturated heterocycles. The molecule has 0 bridgehead atoms. The number of nitrogens with one attached hydrogen (secondary N) is 1. The van der Waals surface area contributed by atoms with Crippen molar-refractivity contribution < 1.29 is 4.79 Å². The first-order valence-electron chi connectivity index (χ1n) is 5.84. The van der Waals surface area contributed by atoms with Crippen molar-refractivity contribution in [2.75, 3.05) is 18.5 Å². The Hall–Kier alpha value is -1.62. The highest BCUT2D eigenvalue weighted by molar-refractivity contribution is 5.81. The van der Waals surface area contributed by atoms with Crippen LogP contribution in [0.15, 0.2) is 18.3 Å². The van der Waals surface area contributed by atoms with E-state index in [0.29, 0.717) is 19.1 Å². The Morgan fingerprint density at radius 2 is 2.41 bits per heavy atom. The van der Waals surface area contributed by atoms with Gasteiger partial charge in [0.05, 0.1) is 6.54 Å². The van der Waals surface area contributed by atoms with E-state index in [9.17, 15) is 4.79 Å². The molecule has 1 fully saturated rings. The number of pyridine rings is 1. The zero-order chi connectivity index (χ0) is 12.3. The highest BCUT2D eigenvalue weighted by atomic mass is 16.2. The molecule has 1 aromatic heterocycles. The van der Waals surface area contributed by atoms with Crippen molar-refractivity contribution in [2.24, 2.45) is 5.73 Å². The van der Waals surface area contributed by atoms with Gasteiger partial charge < -0.3 is 16.0 Å². The maximum Gasteiger partial charge on any atom is 0.239 e. The third-order valence-electron chi connectivity index (χ3n) is 2.76. The first kappa shape index (κ1) is 11.9. The van der Waals surface area contributed by atoms with Gasteiger partial charge in [-0.25, -0.2) is 4.98 Å². The van der Waals surface area contributed by atoms with E-state index in [1.54, 1.807) is 6.20 Å². The highest BCUT2D eigenvalue weighted by Crippen LogP contribution is 2.18. The standard InChI is InChI=1S/C12H18N4O/c1-16(8-12(17)15-10-2-3-10)11-6-9(7-13)4-5-14-11/h4-6,10H,2-3,7-8,13H2,1H3,(H,15,17). The van der Waals surface area contributed by atoms with Crippen LogP contribution >= 0.6 is 0 Å². The van der Waals surface area contributed by atoms with Crippen LogP contribution in [0.3, 0.4) is 0 Å². The minimum atomic E-state index is 0.0509. The molecule has 1 aromatic rings. The number of hydrogen-bond donors (Lipinski definition) is 2. The number of carbonyl (C=O) groups is 1. The van der Waals surface area contributed by atoms with Crippen molar-refractivity contribution in [1.29, 1.82) is 0 Å². The van der Waals surface area contributed by atoms with Gasteiger partial charge in [-0.3, -0.25) is 4.79 Å². The fourth-order valence-electron chi connectivity index (χ4n) is 1.59. The molecule has 1 aliphatic carbocycles. The Bertz CT molecular complexity index is 403. The van der Waals surface area contributed by atoms with E-state index >= 15 is 0 Å². The number of nitrogens with two attached hydrogens (primary N) is 1. The monoisotopic (exact) mass is 234 g/mol. The summed E-state index contributed by atoms with van der Waals surface area (Å²) in [6, 6.07) is 4.19. The van der Waals surface area contributed by atoms with Crippen LogP contribution in [0.25, 0.3) is 0 Å². The number of rotatable bonds is 5. The number of anilines is 1. The largest absolute Gasteiger partial charge is 0.352 e. The minimum Gasteiger partial charge on any atom is -0.352 e. The van der Waals surface area contributed by atoms with E-state index in [2.05, 4.69) is 10.3 Å². The number of nitrogens with zero attached hydrogens (tertiary/aromatic N) is 2. The molecule has 1 amide bonds. The van der Waals surface area contributed by atoms with Crippen molar-refractivity contribution in [2.45, 2.75) is 25.4 Å². The molecule has 1 heterocycles. The summed E-state index contributed by atoms with van der Waals surface area (Å²) in [5, 5.41) is 2.95. The Morgan fingerprint density at radius 1 is 1.65 bits per heavy atom. The average Bonchev–Trinajstić information content (AvgIpc) is 3.12. The van der Waals surface area contributed by atoms with Gasteiger partial charge in [0.15, 0.2) is 0 Å². The highest BCUT2D eigenvalue weighted by Gasteiger charge is 2.23. The van der Waals surface area contributed by atoms with Gasteiger partial charge in [0.1, 0.15) is 5.82 Å². The van der Waals surface area contributed by atoms with E-state index in [0.717, 1.165) is 24.2 Å². The third kappa shape index (κ3) is 3.42. The van der Waals surface area contributed by atoms with E-state index < -0.39 is 0 Å². The third-order valence-corrected chi connectivity index (χ3v) is 2.76. The molecule has 5 heteroatoms. The molecule has 2 rings (SSSR count). The summed E-state index contributed by atoms with van der Waals surface area (Å²) in [5.74, 6) is 0.828. The van der Waals surface area contributed by atoms with Crippen molar-refractivity contribution in [3.8, 4) is 0 Å². The molecule has 1 aliphatic rings. The summed E-state index contributed by atoms with van der Waals surface area (Å²) in [6.07, 6.45) is 3.93. The fraction of sp³-hybridized carbons (Fsp3) is 0.500. The van der Waals surface area contributed by atoms with Gasteiger partial charge in [0, 0.05) is 25.8 Å². The summed E-state index contributed by atoms with van der Waals surface area (Å²) < 4.78 is 0. The number of carbonyl (C=O) groups excluding carboxylic acids is 1. The van der Waals surface area contributed by atoms with Crippen LogP contribution in [0.5, 0.6) is 0 Å². The smallest absolute Gasteiger partial charge is 0.239 e. The fourth-order valence-corrected chi connectivity index (χ4v) is 1.59. The first-order chi connectivity index (χ1) is 8.19. The molecule has 1 saturated carbocycles. The Balaban J connectivity index is 1.92. The van der Waals surface area contributed by atoms with Crippen LogP contribution in [-0.4, -0.2) is 30.5 Å². The van der Waals surface area contributed by atoms with Crippen LogP contribution in [0, 0.1) is 0 Å². The van der Waals surface area contributed by atoms with Crippen molar-refractivity contribution in [3.63, 3.8) is 0 Å². The lowest BCUT2D eigenvalue weighted by Crippen LogP contribution is -2.36. The zero-order valence-corrected chi connectivity index (χ0v) is 10.0. The summed E-state index contributed by atoms with van der Waals surface area (Å²) in [5.41, 5.74) is 6.59. The minimum absolute atomic E-state index is 0.0509. The summed E-state index contributed by atoms with van der Waals surface area (Å²) >= 11 is 0. The number of aromatic nitrogens is 1. The first-order valence-corrected chi connectivity index (χ1v) is 5.84. The molecule has 0 aliphatic heterocycles. The molecule has 5 nitrogen and oxygen atoms in total. The van der Waals surface area contributed by atoms with Crippen molar-refractivity contribution >= 4 is 11.7 Å². The lowest BCUT2D eigenvalue weighted by atomic mass is 10.2. The summed E-state index contributed by atoms with van der Waals surface area (Å²) in [7, 11) is 1.86. The van der Waals surface area contributed by atoms with E-state index in [1.165, 1.54) is 0 Å². The molecular weight excluding hydrogens is 216 g/mol. The van der Waals surface area contributed by atoms with Gasteiger partial charge in [-0.2, -0.15) is 0 Å². The number of amides is 1. The molecule has 0 spiro atoms. The van der Waals surface area contributed by atoms with Gasteiger partial charge in [0.2, 0.25) is 5.91 Å². The lowest BCUT2D eigenvalue weighted by Gasteiger charge is -2.18. The van der Waals surface area contributed by atoms with Crippen LogP contribution in [0.2, 0.25) is 0 Å². The van der Waals surface area contributed by atoms with Gasteiger partial charge in [-0.15, -0.1) is 0 Å². The molecule has 17 heavy (non-hydrogen) atoms. The van der Waals surface area contributed by atoms with E-state index in [1.807, 2.05) is 24.1 Å². The number of likely N-dealkylation sites (N-methyl/N-ethyl adjacent to an activating group) is 1. The van der Waals surface area contributed by atoms with Crippen LogP contribution in [0.4, 0.5) is 5.82 Å². The lowest BCUT2D eigenvalue weighted by molar-refractivity contribution is -0.119. The summed E-state index contributed by atoms with van der Waals surface area (Å²) in [6.45, 7) is 0.815. The van der Waals surface area contributed by atoms with E-state index in [4.69, 9.17) is 5.73 Å². The van der Waals surface area contributed by atoms with Gasteiger partial charge in [0.25, 0.3) is 0 Å². The zero-order valence-electron chi connectivity index (χ0n) is 10.0. The molecule has 92 valence electrons. The Labute approximate surface area is 101 Å². The summed E-state index contributed by atoms with van der Waals surface area (Å²) in [4.78, 5) is 17.7. The second kappa shape index (κ2) is 5.14. The maximum absolute atomic E-state index is 11.6. The second-order valence-electron chi connectivity index (χ2n) is 4.42. The van der Waals surface area contributed by atoms with Crippen molar-refractivity contribution in [3.05, 3.63) is 23.9 Å². The molecule has 0 radical (unpaired) electrons. The Kier molecular flexibility index (Phi) is 3.58. The molecule has 0 unspecified atom stereocenters. The van der Waals surface area contributed by atoms with Crippen LogP contribution in [0.1, 0.15) is 18.4 Å². The normalized spacial score (nSPS) is 14.5. The molecular formula is C12H18N4O. The van der Waals surface area contributed by atoms with Gasteiger partial charge >= 0.3 is 0 Å². The van der Waals surface area contributed by atoms with Gasteiger partial charge in [-0.1, -0.05) is 0 Å². The molecule has 0 aromatic carbocycles. The van der Waals surface area contributed by atoms with Gasteiger partial charge in [-0.05, 0) is 30.5 Å². The predicted molar refractivity (Wildman–Crippen MR) is 66.6 cm³/mol. The molecule has 3 N–H and O–H groups in total. The topological polar surface area (TPSA) is 71.2 Å². The van der Waals surface area contributed by atoms with Crippen LogP contribution < -0.4 is 16.0 Å². The van der Waals surface area contributed by atoms with Crippen LogP contribution in [-0.2, 0) is 11.3 Å². The second-order valence-corrected chi connectivity index (χ2v) is 4.42. The van der Waals surface area contributed by atoms with E-state index in [-0.39, 0.29) is 5.91 Å². The van der Waals surface area contributed by atoms with Crippen molar-refractivity contribution in [1.82, 2.24) is 10.3 Å². The number of hydrogen-bond acceptors (Lipinski definition) is 4. The maximum atomic E-state index is 11.6. The SMILES string of the molecule is CN(CC(=O)NC1CC1)c1cc(CN)ccn1.